The highest BCUT2D eigenvalue weighted by molar-refractivity contribution is 6.30. The molecule has 0 aliphatic carbocycles. The van der Waals surface area contributed by atoms with E-state index in [1.165, 1.54) is 6.07 Å². The van der Waals surface area contributed by atoms with Crippen LogP contribution in [0.15, 0.2) is 12.1 Å². The number of hydrogen-bond acceptors (Lipinski definition) is 3. The lowest BCUT2D eigenvalue weighted by molar-refractivity contribution is -0.206. The van der Waals surface area contributed by atoms with Crippen molar-refractivity contribution in [3.05, 3.63) is 28.3 Å². The van der Waals surface area contributed by atoms with Gasteiger partial charge in [0, 0.05) is 23.6 Å². The van der Waals surface area contributed by atoms with Crippen LogP contribution < -0.4 is 10.1 Å². The number of hydrogen-bond donors (Lipinski definition) is 2. The van der Waals surface area contributed by atoms with Gasteiger partial charge in [0.15, 0.2) is 0 Å². The van der Waals surface area contributed by atoms with Crippen molar-refractivity contribution in [2.75, 3.05) is 6.61 Å². The van der Waals surface area contributed by atoms with Crippen molar-refractivity contribution >= 4 is 17.6 Å². The molecule has 2 rings (SSSR count). The lowest BCUT2D eigenvalue weighted by Crippen LogP contribution is -2.59. The third-order valence-corrected chi connectivity index (χ3v) is 3.67. The van der Waals surface area contributed by atoms with Gasteiger partial charge in [0.05, 0.1) is 6.61 Å². The van der Waals surface area contributed by atoms with E-state index in [1.54, 1.807) is 6.07 Å². The molecule has 2 N–H and O–H groups in total. The highest BCUT2D eigenvalue weighted by Gasteiger charge is 2.57. The predicted molar refractivity (Wildman–Crippen MR) is 69.6 cm³/mol. The molecule has 0 fully saturated rings. The fourth-order valence-corrected chi connectivity index (χ4v) is 2.31. The third kappa shape index (κ3) is 2.94. The first-order valence-electron chi connectivity index (χ1n) is 6.14. The van der Waals surface area contributed by atoms with Gasteiger partial charge in [-0.05, 0) is 24.6 Å². The summed E-state index contributed by atoms with van der Waals surface area (Å²) in [5.74, 6) is -1.52. The van der Waals surface area contributed by atoms with Crippen LogP contribution in [0.2, 0.25) is 5.02 Å². The van der Waals surface area contributed by atoms with E-state index in [2.05, 4.69) is 0 Å². The van der Waals surface area contributed by atoms with E-state index in [0.29, 0.717) is 36.3 Å². The Balaban J connectivity index is 2.25. The summed E-state index contributed by atoms with van der Waals surface area (Å²) in [6.07, 6.45) is -4.31. The summed E-state index contributed by atoms with van der Waals surface area (Å²) in [5, 5.41) is 11.3. The minimum absolute atomic E-state index is 0.314. The monoisotopic (exact) mass is 323 g/mol. The normalized spacial score (nSPS) is 17.0. The van der Waals surface area contributed by atoms with Crippen molar-refractivity contribution in [3.8, 4) is 5.75 Å². The van der Waals surface area contributed by atoms with Crippen LogP contribution >= 0.6 is 11.6 Å². The third-order valence-electron chi connectivity index (χ3n) is 3.45. The molecule has 0 radical (unpaired) electrons. The maximum absolute atomic E-state index is 12.9. The molecule has 4 nitrogen and oxygen atoms in total. The number of carboxylic acids is 1. The van der Waals surface area contributed by atoms with Crippen molar-refractivity contribution in [1.82, 2.24) is 5.32 Å². The van der Waals surface area contributed by atoms with Crippen LogP contribution in [0, 0.1) is 0 Å². The van der Waals surface area contributed by atoms with Crippen molar-refractivity contribution in [2.24, 2.45) is 0 Å². The zero-order valence-electron chi connectivity index (χ0n) is 11.1. The van der Waals surface area contributed by atoms with Gasteiger partial charge in [-0.25, -0.2) is 4.79 Å². The number of halogens is 4. The average Bonchev–Trinajstić information content (AvgIpc) is 2.81. The molecule has 0 spiro atoms. The quantitative estimate of drug-likeness (QED) is 0.894. The van der Waals surface area contributed by atoms with E-state index < -0.39 is 17.7 Å². The molecule has 8 heteroatoms. The van der Waals surface area contributed by atoms with Gasteiger partial charge in [0.25, 0.3) is 0 Å². The lowest BCUT2D eigenvalue weighted by Gasteiger charge is -2.29. The Labute approximate surface area is 123 Å². The van der Waals surface area contributed by atoms with Crippen LogP contribution in [0.25, 0.3) is 0 Å². The van der Waals surface area contributed by atoms with Crippen LogP contribution in [-0.2, 0) is 17.8 Å². The molecule has 116 valence electrons. The van der Waals surface area contributed by atoms with Gasteiger partial charge in [-0.3, -0.25) is 5.32 Å². The second-order valence-electron chi connectivity index (χ2n) is 4.93. The minimum atomic E-state index is -4.93. The number of carbonyl (C=O) groups is 1. The Kier molecular flexibility index (Phi) is 4.08. The van der Waals surface area contributed by atoms with Crippen molar-refractivity contribution in [2.45, 2.75) is 31.6 Å². The first-order chi connectivity index (χ1) is 9.65. The highest BCUT2D eigenvalue weighted by atomic mass is 35.5. The molecule has 21 heavy (non-hydrogen) atoms. The number of fused-ring (bicyclic) bond motifs is 1. The van der Waals surface area contributed by atoms with E-state index in [1.807, 2.05) is 5.32 Å². The first kappa shape index (κ1) is 15.9. The largest absolute Gasteiger partial charge is 0.493 e. The SMILES string of the molecule is CC(NCc1cc(Cl)cc2c1OCC2)(C(=O)O)C(F)(F)F. The minimum Gasteiger partial charge on any atom is -0.493 e. The Bertz CT molecular complexity index is 577. The van der Waals surface area contributed by atoms with Crippen molar-refractivity contribution in [1.29, 1.82) is 0 Å². The first-order valence-corrected chi connectivity index (χ1v) is 6.52. The van der Waals surface area contributed by atoms with E-state index in [0.717, 1.165) is 5.56 Å². The molecular weight excluding hydrogens is 311 g/mol. The van der Waals surface area contributed by atoms with E-state index in [4.69, 9.17) is 21.4 Å². The van der Waals surface area contributed by atoms with Crippen LogP contribution in [-0.4, -0.2) is 29.4 Å². The molecule has 0 saturated heterocycles. The second-order valence-corrected chi connectivity index (χ2v) is 5.37. The molecule has 1 atom stereocenters. The van der Waals surface area contributed by atoms with Gasteiger partial charge in [0.1, 0.15) is 5.75 Å². The summed E-state index contributed by atoms with van der Waals surface area (Å²) >= 11 is 5.91. The van der Waals surface area contributed by atoms with Gasteiger partial charge in [-0.1, -0.05) is 11.6 Å². The van der Waals surface area contributed by atoms with E-state index in [9.17, 15) is 18.0 Å². The number of aliphatic carboxylic acids is 1. The zero-order valence-corrected chi connectivity index (χ0v) is 11.8. The van der Waals surface area contributed by atoms with Crippen molar-refractivity contribution in [3.63, 3.8) is 0 Å². The van der Waals surface area contributed by atoms with Gasteiger partial charge in [-0.2, -0.15) is 13.2 Å². The second kappa shape index (κ2) is 5.38. The molecule has 0 saturated carbocycles. The van der Waals surface area contributed by atoms with E-state index in [-0.39, 0.29) is 6.54 Å². The Morgan fingerprint density at radius 2 is 2.14 bits per heavy atom. The Hall–Kier alpha value is -1.47. The summed E-state index contributed by atoms with van der Waals surface area (Å²) in [4.78, 5) is 11.0. The standard InChI is InChI=1S/C13H13ClF3NO3/c1-12(11(19)20,13(15,16)17)18-6-8-5-9(14)4-7-2-3-21-10(7)8/h4-5,18H,2-3,6H2,1H3,(H,19,20). The van der Waals surface area contributed by atoms with Crippen LogP contribution in [0.1, 0.15) is 18.1 Å². The Morgan fingerprint density at radius 1 is 1.48 bits per heavy atom. The van der Waals surface area contributed by atoms with Gasteiger partial charge >= 0.3 is 12.1 Å². The molecule has 0 bridgehead atoms. The molecule has 1 heterocycles. The molecule has 1 aromatic rings. The van der Waals surface area contributed by atoms with Crippen molar-refractivity contribution < 1.29 is 27.8 Å². The van der Waals surface area contributed by atoms with Gasteiger partial charge < -0.3 is 9.84 Å². The molecule has 0 aromatic heterocycles. The number of alkyl halides is 3. The zero-order chi connectivity index (χ0) is 15.8. The molecule has 1 aliphatic rings. The summed E-state index contributed by atoms with van der Waals surface area (Å²) in [7, 11) is 0. The van der Waals surface area contributed by atoms with Crippen LogP contribution in [0.4, 0.5) is 13.2 Å². The summed E-state index contributed by atoms with van der Waals surface area (Å²) in [6, 6.07) is 3.16. The van der Waals surface area contributed by atoms with Crippen LogP contribution in [0.3, 0.4) is 0 Å². The molecular formula is C13H13ClF3NO3. The lowest BCUT2D eigenvalue weighted by atomic mass is 10.0. The number of benzene rings is 1. The number of ether oxygens (including phenoxy) is 1. The predicted octanol–water partition coefficient (Wildman–Crippen LogP) is 2.77. The summed E-state index contributed by atoms with van der Waals surface area (Å²) in [5.41, 5.74) is -1.82. The van der Waals surface area contributed by atoms with Gasteiger partial charge in [0.2, 0.25) is 5.54 Å². The highest BCUT2D eigenvalue weighted by Crippen LogP contribution is 2.35. The fourth-order valence-electron chi connectivity index (χ4n) is 2.05. The number of rotatable bonds is 4. The van der Waals surface area contributed by atoms with Gasteiger partial charge in [-0.15, -0.1) is 0 Å². The van der Waals surface area contributed by atoms with E-state index >= 15 is 0 Å². The summed E-state index contributed by atoms with van der Waals surface area (Å²) in [6.45, 7) is 0.699. The Morgan fingerprint density at radius 3 is 2.71 bits per heavy atom. The molecule has 0 amide bonds. The smallest absolute Gasteiger partial charge is 0.417 e. The number of carboxylic acid groups (broad SMARTS) is 1. The molecule has 1 aliphatic heterocycles. The summed E-state index contributed by atoms with van der Waals surface area (Å²) < 4.78 is 44.1. The maximum Gasteiger partial charge on any atom is 0.417 e. The maximum atomic E-state index is 12.9. The molecule has 1 aromatic carbocycles. The number of nitrogens with one attached hydrogen (secondary N) is 1. The van der Waals surface area contributed by atoms with Crippen LogP contribution in [0.5, 0.6) is 5.75 Å². The fraction of sp³-hybridized carbons (Fsp3) is 0.462. The average molecular weight is 324 g/mol. The topological polar surface area (TPSA) is 58.6 Å². The molecule has 1 unspecified atom stereocenters.